The topological polar surface area (TPSA) is 117 Å². The second-order valence-corrected chi connectivity index (χ2v) is 11.0. The van der Waals surface area contributed by atoms with Crippen molar-refractivity contribution in [3.63, 3.8) is 0 Å². The van der Waals surface area contributed by atoms with Crippen LogP contribution in [0.1, 0.15) is 36.5 Å². The molecule has 11 heteroatoms. The first kappa shape index (κ1) is 27.7. The first-order chi connectivity index (χ1) is 18.1. The summed E-state index contributed by atoms with van der Waals surface area (Å²) in [5.74, 6) is -0.0441. The molecule has 1 aliphatic rings. The maximum absolute atomic E-state index is 12.9. The fourth-order valence-corrected chi connectivity index (χ4v) is 5.31. The summed E-state index contributed by atoms with van der Waals surface area (Å²) in [5, 5.41) is 8.00. The van der Waals surface area contributed by atoms with Crippen LogP contribution in [-0.2, 0) is 18.8 Å². The minimum atomic E-state index is -0.518. The van der Waals surface area contributed by atoms with Crippen LogP contribution in [0.5, 0.6) is 5.88 Å². The van der Waals surface area contributed by atoms with Crippen LogP contribution in [-0.4, -0.2) is 64.1 Å². The fraction of sp³-hybridized carbons (Fsp3) is 0.444. The molecule has 3 N–H and O–H groups in total. The van der Waals surface area contributed by atoms with Gasteiger partial charge in [-0.05, 0) is 57.0 Å². The Morgan fingerprint density at radius 2 is 2.03 bits per heavy atom. The predicted molar refractivity (Wildman–Crippen MR) is 152 cm³/mol. The summed E-state index contributed by atoms with van der Waals surface area (Å²) in [6, 6.07) is 7.38. The molecule has 10 nitrogen and oxygen atoms in total. The summed E-state index contributed by atoms with van der Waals surface area (Å²) in [6.45, 7) is 5.15. The lowest BCUT2D eigenvalue weighted by Gasteiger charge is -2.35. The number of methoxy groups -OCH3 is 1. The number of hydrogen-bond acceptors (Lipinski definition) is 8. The van der Waals surface area contributed by atoms with Gasteiger partial charge in [-0.3, -0.25) is 9.69 Å². The molecule has 2 aromatic heterocycles. The zero-order valence-electron chi connectivity index (χ0n) is 22.3. The van der Waals surface area contributed by atoms with Crippen molar-refractivity contribution >= 4 is 33.3 Å². The van der Waals surface area contributed by atoms with Crippen molar-refractivity contribution in [2.75, 3.05) is 44.4 Å². The number of nitrogens with two attached hydrogens (primary N) is 1. The summed E-state index contributed by atoms with van der Waals surface area (Å²) >= 11 is 3.54. The summed E-state index contributed by atoms with van der Waals surface area (Å²) in [6.07, 6.45) is 6.28. The van der Waals surface area contributed by atoms with Crippen LogP contribution in [0.4, 0.5) is 11.4 Å². The van der Waals surface area contributed by atoms with Crippen LogP contribution >= 0.6 is 15.9 Å². The zero-order valence-corrected chi connectivity index (χ0v) is 23.9. The number of halogens is 1. The number of nitrogens with zero attached hydrogens (tertiary/aromatic N) is 4. The largest absolute Gasteiger partial charge is 0.476 e. The van der Waals surface area contributed by atoms with Crippen molar-refractivity contribution in [2.45, 2.75) is 31.7 Å². The lowest BCUT2D eigenvalue weighted by Crippen LogP contribution is -2.46. The van der Waals surface area contributed by atoms with Gasteiger partial charge in [-0.1, -0.05) is 15.9 Å². The molecule has 1 atom stereocenters. The van der Waals surface area contributed by atoms with Crippen LogP contribution in [0.25, 0.3) is 11.1 Å². The summed E-state index contributed by atoms with van der Waals surface area (Å²) in [7, 11) is 4.67. The van der Waals surface area contributed by atoms with Gasteiger partial charge in [0, 0.05) is 43.4 Å². The van der Waals surface area contributed by atoms with Crippen molar-refractivity contribution in [2.24, 2.45) is 14.1 Å². The van der Waals surface area contributed by atoms with Gasteiger partial charge in [-0.15, -0.1) is 0 Å². The van der Waals surface area contributed by atoms with E-state index >= 15 is 0 Å². The van der Waals surface area contributed by atoms with Gasteiger partial charge in [0.1, 0.15) is 6.61 Å². The van der Waals surface area contributed by atoms with Crippen molar-refractivity contribution < 1.29 is 14.3 Å². The molecule has 3 aromatic rings. The summed E-state index contributed by atoms with van der Waals surface area (Å²) in [5.41, 5.74) is 8.62. The van der Waals surface area contributed by atoms with Crippen molar-refractivity contribution in [3.8, 4) is 17.0 Å². The Morgan fingerprint density at radius 3 is 2.79 bits per heavy atom. The third-order valence-electron chi connectivity index (χ3n) is 6.90. The maximum atomic E-state index is 12.9. The molecular formula is C27H35BrN6O4. The van der Waals surface area contributed by atoms with Gasteiger partial charge in [0.2, 0.25) is 5.88 Å². The minimum absolute atomic E-state index is 0.149. The molecule has 3 heterocycles. The molecule has 0 spiro atoms. The standard InChI is InChI=1S/C27H35BrN6O4/c1-27(31-23-14-19(28)7-8-22(23)29)9-5-6-10-34(17-27)11-12-38-25-21(15-30-33(25)3)20-13-18(26(36)37-4)16-32(2)24(20)35/h7-8,13-16,31H,5-6,9-12,17,29H2,1-4H3. The number of anilines is 2. The molecular weight excluding hydrogens is 552 g/mol. The molecule has 0 saturated carbocycles. The Balaban J connectivity index is 1.48. The first-order valence-corrected chi connectivity index (χ1v) is 13.4. The van der Waals surface area contributed by atoms with Gasteiger partial charge in [0.15, 0.2) is 0 Å². The van der Waals surface area contributed by atoms with E-state index in [1.807, 2.05) is 18.2 Å². The summed E-state index contributed by atoms with van der Waals surface area (Å²) in [4.78, 5) is 27.4. The average Bonchev–Trinajstić information content (AvgIpc) is 3.13. The number of benzene rings is 1. The number of aromatic nitrogens is 3. The Hall–Kier alpha value is -3.31. The molecule has 1 aliphatic heterocycles. The second kappa shape index (κ2) is 11.6. The summed E-state index contributed by atoms with van der Waals surface area (Å²) < 4.78 is 15.0. The Morgan fingerprint density at radius 1 is 1.24 bits per heavy atom. The minimum Gasteiger partial charge on any atom is -0.476 e. The van der Waals surface area contributed by atoms with Crippen LogP contribution in [0.2, 0.25) is 0 Å². The van der Waals surface area contributed by atoms with E-state index < -0.39 is 5.97 Å². The van der Waals surface area contributed by atoms with E-state index in [9.17, 15) is 9.59 Å². The number of carbonyl (C=O) groups excluding carboxylic acids is 1. The van der Waals surface area contributed by atoms with Crippen molar-refractivity contribution in [1.82, 2.24) is 19.2 Å². The average molecular weight is 588 g/mol. The number of likely N-dealkylation sites (tertiary alicyclic amines) is 1. The zero-order chi connectivity index (χ0) is 27.4. The van der Waals surface area contributed by atoms with E-state index in [-0.39, 0.29) is 16.7 Å². The van der Waals surface area contributed by atoms with Gasteiger partial charge in [-0.25, -0.2) is 9.48 Å². The van der Waals surface area contributed by atoms with E-state index in [2.05, 4.69) is 38.2 Å². The van der Waals surface area contributed by atoms with E-state index in [4.69, 9.17) is 15.2 Å². The number of aryl methyl sites for hydroxylation is 2. The highest BCUT2D eigenvalue weighted by Gasteiger charge is 2.30. The second-order valence-electron chi connectivity index (χ2n) is 10.0. The lowest BCUT2D eigenvalue weighted by atomic mass is 9.95. The predicted octanol–water partition coefficient (Wildman–Crippen LogP) is 3.65. The molecule has 204 valence electrons. The van der Waals surface area contributed by atoms with Crippen LogP contribution in [0, 0.1) is 0 Å². The Bertz CT molecular complexity index is 1370. The Labute approximate surface area is 230 Å². The van der Waals surface area contributed by atoms with Crippen molar-refractivity contribution in [3.05, 3.63) is 57.0 Å². The van der Waals surface area contributed by atoms with Gasteiger partial charge in [0.25, 0.3) is 5.56 Å². The van der Waals surface area contributed by atoms with Gasteiger partial charge >= 0.3 is 5.97 Å². The number of hydrogen-bond donors (Lipinski definition) is 2. The molecule has 1 fully saturated rings. The number of nitrogen functional groups attached to an aromatic ring is 1. The highest BCUT2D eigenvalue weighted by molar-refractivity contribution is 9.10. The van der Waals surface area contributed by atoms with Gasteiger partial charge < -0.3 is 25.1 Å². The highest BCUT2D eigenvalue weighted by Crippen LogP contribution is 2.31. The number of rotatable bonds is 8. The first-order valence-electron chi connectivity index (χ1n) is 12.6. The number of nitrogens with one attached hydrogen (secondary N) is 1. The normalized spacial score (nSPS) is 18.1. The number of esters is 1. The van der Waals surface area contributed by atoms with E-state index in [1.54, 1.807) is 25.0 Å². The molecule has 1 saturated heterocycles. The molecule has 0 bridgehead atoms. The van der Waals surface area contributed by atoms with E-state index in [0.29, 0.717) is 30.2 Å². The number of carbonyl (C=O) groups is 1. The monoisotopic (exact) mass is 586 g/mol. The van der Waals surface area contributed by atoms with E-state index in [0.717, 1.165) is 48.2 Å². The van der Waals surface area contributed by atoms with Crippen LogP contribution in [0.3, 0.4) is 0 Å². The Kier molecular flexibility index (Phi) is 8.47. The number of pyridine rings is 1. The van der Waals surface area contributed by atoms with E-state index in [1.165, 1.54) is 23.9 Å². The van der Waals surface area contributed by atoms with Crippen LogP contribution < -0.4 is 21.3 Å². The maximum Gasteiger partial charge on any atom is 0.339 e. The molecule has 38 heavy (non-hydrogen) atoms. The molecule has 0 aliphatic carbocycles. The highest BCUT2D eigenvalue weighted by atomic mass is 79.9. The SMILES string of the molecule is COC(=O)c1cc(-c2cnn(C)c2OCCN2CCCCC(C)(Nc3cc(Br)ccc3N)C2)c(=O)n(C)c1. The van der Waals surface area contributed by atoms with Gasteiger partial charge in [0.05, 0.1) is 41.4 Å². The smallest absolute Gasteiger partial charge is 0.339 e. The molecule has 4 rings (SSSR count). The number of ether oxygens (including phenoxy) is 2. The van der Waals surface area contributed by atoms with Crippen molar-refractivity contribution in [1.29, 1.82) is 0 Å². The molecule has 1 unspecified atom stereocenters. The molecule has 0 amide bonds. The molecule has 1 aromatic carbocycles. The van der Waals surface area contributed by atoms with Crippen LogP contribution in [0.15, 0.2) is 45.9 Å². The fourth-order valence-electron chi connectivity index (χ4n) is 4.94. The molecule has 0 radical (unpaired) electrons. The third-order valence-corrected chi connectivity index (χ3v) is 7.40. The van der Waals surface area contributed by atoms with Gasteiger partial charge in [-0.2, -0.15) is 5.10 Å². The quantitative estimate of drug-likeness (QED) is 0.303. The third kappa shape index (κ3) is 6.21. The lowest BCUT2D eigenvalue weighted by molar-refractivity contribution is 0.0599.